The minimum Gasteiger partial charge on any atom is -0.450 e. The van der Waals surface area contributed by atoms with Crippen molar-refractivity contribution in [3.8, 4) is 0 Å². The van der Waals surface area contributed by atoms with Crippen LogP contribution in [0.3, 0.4) is 0 Å². The molecule has 0 aliphatic carbocycles. The first-order chi connectivity index (χ1) is 4.29. The van der Waals surface area contributed by atoms with Crippen molar-refractivity contribution in [1.29, 1.82) is 0 Å². The van der Waals surface area contributed by atoms with Gasteiger partial charge >= 0.3 is 6.16 Å². The van der Waals surface area contributed by atoms with Gasteiger partial charge in [0.15, 0.2) is 0 Å². The minimum absolute atomic E-state index is 0.0417. The molecular formula is C6H14O4. The number of methoxy groups -OCH3 is 1. The molecule has 0 unspecified atom stereocenters. The molecule has 0 heterocycles. The second-order valence-corrected chi connectivity index (χ2v) is 2.60. The maximum absolute atomic E-state index is 8.56. The van der Waals surface area contributed by atoms with Crippen LogP contribution in [-0.2, 0) is 4.74 Å². The Morgan fingerprint density at radius 1 is 1.30 bits per heavy atom. The third-order valence-electron chi connectivity index (χ3n) is 0.612. The molecule has 62 valence electrons. The minimum atomic E-state index is -1.83. The summed E-state index contributed by atoms with van der Waals surface area (Å²) in [5.74, 6) is 0. The quantitative estimate of drug-likeness (QED) is 0.551. The molecule has 10 heavy (non-hydrogen) atoms. The maximum Gasteiger partial charge on any atom is 0.503 e. The monoisotopic (exact) mass is 150 g/mol. The molecule has 0 saturated carbocycles. The van der Waals surface area contributed by atoms with Crippen LogP contribution in [0.15, 0.2) is 0 Å². The normalized spacial score (nSPS) is 9.60. The fourth-order valence-corrected chi connectivity index (χ4v) is 0. The fraction of sp³-hybridized carbons (Fsp3) is 0.833. The highest BCUT2D eigenvalue weighted by molar-refractivity contribution is 5.53. The van der Waals surface area contributed by atoms with Gasteiger partial charge in [-0.2, -0.15) is 0 Å². The SMILES string of the molecule is COC(C)(C)C.O=C(O)O. The van der Waals surface area contributed by atoms with Crippen molar-refractivity contribution in [3.05, 3.63) is 0 Å². The van der Waals surface area contributed by atoms with Crippen LogP contribution >= 0.6 is 0 Å². The summed E-state index contributed by atoms with van der Waals surface area (Å²) >= 11 is 0. The van der Waals surface area contributed by atoms with Crippen molar-refractivity contribution in [2.75, 3.05) is 7.11 Å². The van der Waals surface area contributed by atoms with E-state index in [0.717, 1.165) is 0 Å². The van der Waals surface area contributed by atoms with Crippen LogP contribution in [0.1, 0.15) is 20.8 Å². The van der Waals surface area contributed by atoms with Crippen molar-refractivity contribution in [1.82, 2.24) is 0 Å². The van der Waals surface area contributed by atoms with Crippen LogP contribution in [0.4, 0.5) is 4.79 Å². The Bertz CT molecular complexity index is 88.4. The van der Waals surface area contributed by atoms with E-state index in [1.54, 1.807) is 7.11 Å². The molecule has 0 aromatic carbocycles. The average Bonchev–Trinajstić information content (AvgIpc) is 1.63. The van der Waals surface area contributed by atoms with Gasteiger partial charge in [0.25, 0.3) is 0 Å². The lowest BCUT2D eigenvalue weighted by molar-refractivity contribution is 0.0397. The van der Waals surface area contributed by atoms with Crippen LogP contribution in [0.25, 0.3) is 0 Å². The van der Waals surface area contributed by atoms with E-state index in [2.05, 4.69) is 0 Å². The molecule has 0 rings (SSSR count). The summed E-state index contributed by atoms with van der Waals surface area (Å²) in [4.78, 5) is 8.56. The molecule has 0 aromatic rings. The van der Waals surface area contributed by atoms with Gasteiger partial charge in [-0.15, -0.1) is 0 Å². The largest absolute Gasteiger partial charge is 0.503 e. The van der Waals surface area contributed by atoms with Crippen molar-refractivity contribution in [3.63, 3.8) is 0 Å². The fourth-order valence-electron chi connectivity index (χ4n) is 0. The van der Waals surface area contributed by atoms with Crippen LogP contribution < -0.4 is 0 Å². The van der Waals surface area contributed by atoms with Gasteiger partial charge in [-0.05, 0) is 20.8 Å². The van der Waals surface area contributed by atoms with E-state index < -0.39 is 6.16 Å². The third-order valence-corrected chi connectivity index (χ3v) is 0.612. The predicted octanol–water partition coefficient (Wildman–Crippen LogP) is 1.65. The Morgan fingerprint density at radius 2 is 1.40 bits per heavy atom. The highest BCUT2D eigenvalue weighted by Gasteiger charge is 2.03. The van der Waals surface area contributed by atoms with Gasteiger partial charge in [0.2, 0.25) is 0 Å². The maximum atomic E-state index is 8.56. The van der Waals surface area contributed by atoms with Crippen molar-refractivity contribution < 1.29 is 19.7 Å². The number of hydrogen-bond donors (Lipinski definition) is 2. The van der Waals surface area contributed by atoms with E-state index in [-0.39, 0.29) is 5.60 Å². The summed E-state index contributed by atoms with van der Waals surface area (Å²) in [6, 6.07) is 0. The summed E-state index contributed by atoms with van der Waals surface area (Å²) in [6.07, 6.45) is -1.83. The summed E-state index contributed by atoms with van der Waals surface area (Å²) in [7, 11) is 1.71. The van der Waals surface area contributed by atoms with E-state index >= 15 is 0 Å². The van der Waals surface area contributed by atoms with Crippen molar-refractivity contribution in [2.24, 2.45) is 0 Å². The summed E-state index contributed by atoms with van der Waals surface area (Å²) in [5.41, 5.74) is 0.0417. The van der Waals surface area contributed by atoms with Crippen LogP contribution in [0.5, 0.6) is 0 Å². The summed E-state index contributed by atoms with van der Waals surface area (Å²) in [6.45, 7) is 6.06. The molecule has 0 bridgehead atoms. The topological polar surface area (TPSA) is 66.8 Å². The van der Waals surface area contributed by atoms with E-state index in [0.29, 0.717) is 0 Å². The molecule has 0 fully saturated rings. The molecule has 0 radical (unpaired) electrons. The highest BCUT2D eigenvalue weighted by Crippen LogP contribution is 2.02. The second-order valence-electron chi connectivity index (χ2n) is 2.60. The van der Waals surface area contributed by atoms with Gasteiger partial charge < -0.3 is 14.9 Å². The highest BCUT2D eigenvalue weighted by atomic mass is 16.6. The standard InChI is InChI=1S/C5H12O.CH2O3/c1-5(2,3)6-4;2-1(3)4/h1-4H3;(H2,2,3,4). The Kier molecular flexibility index (Phi) is 6.04. The smallest absolute Gasteiger partial charge is 0.450 e. The van der Waals surface area contributed by atoms with Gasteiger partial charge in [-0.1, -0.05) is 0 Å². The van der Waals surface area contributed by atoms with E-state index in [1.165, 1.54) is 0 Å². The Morgan fingerprint density at radius 3 is 1.40 bits per heavy atom. The average molecular weight is 150 g/mol. The van der Waals surface area contributed by atoms with E-state index in [4.69, 9.17) is 19.7 Å². The van der Waals surface area contributed by atoms with Gasteiger partial charge in [0.05, 0.1) is 5.60 Å². The second kappa shape index (κ2) is 5.05. The van der Waals surface area contributed by atoms with E-state index in [9.17, 15) is 0 Å². The van der Waals surface area contributed by atoms with Crippen LogP contribution in [0, 0.1) is 0 Å². The van der Waals surface area contributed by atoms with Gasteiger partial charge in [-0.25, -0.2) is 4.79 Å². The molecule has 0 amide bonds. The zero-order chi connectivity index (χ0) is 8.78. The Hall–Kier alpha value is -0.770. The first kappa shape index (κ1) is 12.0. The zero-order valence-corrected chi connectivity index (χ0v) is 6.71. The van der Waals surface area contributed by atoms with Crippen molar-refractivity contribution in [2.45, 2.75) is 26.4 Å². The molecule has 0 aromatic heterocycles. The molecule has 0 aliphatic rings. The molecule has 0 saturated heterocycles. The van der Waals surface area contributed by atoms with Gasteiger partial charge in [-0.3, -0.25) is 0 Å². The first-order valence-electron chi connectivity index (χ1n) is 2.76. The zero-order valence-electron chi connectivity index (χ0n) is 6.71. The lowest BCUT2D eigenvalue weighted by atomic mass is 10.2. The number of carbonyl (C=O) groups is 1. The molecule has 4 nitrogen and oxygen atoms in total. The summed E-state index contributed by atoms with van der Waals surface area (Å²) < 4.78 is 4.94. The number of carboxylic acid groups (broad SMARTS) is 2. The Balaban J connectivity index is 0. The Labute approximate surface area is 60.4 Å². The molecule has 2 N–H and O–H groups in total. The molecule has 4 heteroatoms. The molecule has 0 atom stereocenters. The van der Waals surface area contributed by atoms with Gasteiger partial charge in [0, 0.05) is 7.11 Å². The number of rotatable bonds is 0. The number of hydrogen-bond acceptors (Lipinski definition) is 2. The first-order valence-corrected chi connectivity index (χ1v) is 2.76. The third kappa shape index (κ3) is 56.4. The van der Waals surface area contributed by atoms with E-state index in [1.807, 2.05) is 20.8 Å². The van der Waals surface area contributed by atoms with Crippen LogP contribution in [-0.4, -0.2) is 29.1 Å². The van der Waals surface area contributed by atoms with Crippen LogP contribution in [0.2, 0.25) is 0 Å². The molecular weight excluding hydrogens is 136 g/mol. The summed E-state index contributed by atoms with van der Waals surface area (Å²) in [5, 5.41) is 13.9. The molecule has 0 spiro atoms. The van der Waals surface area contributed by atoms with Crippen molar-refractivity contribution >= 4 is 6.16 Å². The lowest BCUT2D eigenvalue weighted by Gasteiger charge is -2.14. The number of ether oxygens (including phenoxy) is 1. The molecule has 0 aliphatic heterocycles. The predicted molar refractivity (Wildman–Crippen MR) is 37.4 cm³/mol. The lowest BCUT2D eigenvalue weighted by Crippen LogP contribution is -2.15. The van der Waals surface area contributed by atoms with Gasteiger partial charge in [0.1, 0.15) is 0 Å².